The molecule has 0 spiro atoms. The number of carbonyl (C=O) groups excluding carboxylic acids is 1. The Hall–Kier alpha value is -2.68. The molecule has 1 aliphatic heterocycles. The first kappa shape index (κ1) is 22.5. The van der Waals surface area contributed by atoms with E-state index in [0.29, 0.717) is 28.3 Å². The minimum atomic E-state index is -0.389. The van der Waals surface area contributed by atoms with Crippen LogP contribution in [0.4, 0.5) is 0 Å². The quantitative estimate of drug-likeness (QED) is 0.558. The number of halogens is 1. The van der Waals surface area contributed by atoms with Crippen molar-refractivity contribution in [1.82, 2.24) is 5.32 Å². The van der Waals surface area contributed by atoms with E-state index in [9.17, 15) is 10.1 Å². The molecule has 164 valence electrons. The van der Waals surface area contributed by atoms with Crippen LogP contribution in [0.2, 0.25) is 5.02 Å². The number of carbonyl (C=O) groups is 1. The number of rotatable bonds is 5. The molecule has 0 aromatic heterocycles. The summed E-state index contributed by atoms with van der Waals surface area (Å²) in [6.07, 6.45) is 1.23. The van der Waals surface area contributed by atoms with Crippen molar-refractivity contribution in [3.8, 4) is 11.8 Å². The summed E-state index contributed by atoms with van der Waals surface area (Å²) in [5.41, 5.74) is 4.00. The maximum Gasteiger partial charge on any atom is 0.162 e. The Morgan fingerprint density at radius 3 is 2.56 bits per heavy atom. The highest BCUT2D eigenvalue weighted by Crippen LogP contribution is 2.48. The molecule has 1 heterocycles. The van der Waals surface area contributed by atoms with E-state index in [1.165, 1.54) is 0 Å². The lowest BCUT2D eigenvalue weighted by molar-refractivity contribution is -0.118. The number of nitriles is 1. The average molecular weight is 465 g/mol. The highest BCUT2D eigenvalue weighted by Gasteiger charge is 2.41. The molecule has 2 aliphatic rings. The molecule has 2 aromatic rings. The number of dihydropyridines is 1. The zero-order valence-corrected chi connectivity index (χ0v) is 19.9. The fourth-order valence-electron chi connectivity index (χ4n) is 4.39. The summed E-state index contributed by atoms with van der Waals surface area (Å²) in [6, 6.07) is 17.8. The number of methoxy groups -OCH3 is 1. The van der Waals surface area contributed by atoms with Crippen LogP contribution in [-0.4, -0.2) is 12.9 Å². The number of hydrogen-bond donors (Lipinski definition) is 1. The summed E-state index contributed by atoms with van der Waals surface area (Å²) >= 11 is 7.90. The van der Waals surface area contributed by atoms with E-state index >= 15 is 0 Å². The van der Waals surface area contributed by atoms with Gasteiger partial charge in [-0.1, -0.05) is 55.8 Å². The Morgan fingerprint density at radius 1 is 1.19 bits per heavy atom. The third-order valence-electron chi connectivity index (χ3n) is 5.91. The minimum absolute atomic E-state index is 0.104. The predicted molar refractivity (Wildman–Crippen MR) is 129 cm³/mol. The molecule has 4 rings (SSSR count). The largest absolute Gasteiger partial charge is 0.497 e. The third-order valence-corrected chi connectivity index (χ3v) is 7.34. The van der Waals surface area contributed by atoms with Gasteiger partial charge in [0.1, 0.15) is 5.75 Å². The standard InChI is InChI=1S/C26H25ClN2O2S/c1-26(2)12-21-24(22(30)13-26)23(16-8-10-18(31-3)11-9-16)19(14-28)25(29-21)32-15-17-6-4-5-7-20(17)27/h4-11,23,29H,12-13,15H2,1-3H3/t23-/m0/s1. The monoisotopic (exact) mass is 464 g/mol. The van der Waals surface area contributed by atoms with E-state index in [2.05, 4.69) is 25.2 Å². The van der Waals surface area contributed by atoms with Crippen molar-refractivity contribution >= 4 is 29.1 Å². The van der Waals surface area contributed by atoms with E-state index in [4.69, 9.17) is 16.3 Å². The topological polar surface area (TPSA) is 62.1 Å². The van der Waals surface area contributed by atoms with Crippen LogP contribution in [0.5, 0.6) is 5.75 Å². The molecule has 0 bridgehead atoms. The van der Waals surface area contributed by atoms with Gasteiger partial charge in [-0.3, -0.25) is 4.79 Å². The number of nitrogens with zero attached hydrogens (tertiary/aromatic N) is 1. The van der Waals surface area contributed by atoms with Gasteiger partial charge in [0.2, 0.25) is 0 Å². The van der Waals surface area contributed by atoms with E-state index < -0.39 is 0 Å². The second kappa shape index (κ2) is 9.05. The van der Waals surface area contributed by atoms with Crippen molar-refractivity contribution < 1.29 is 9.53 Å². The van der Waals surface area contributed by atoms with Gasteiger partial charge in [-0.25, -0.2) is 0 Å². The molecular formula is C26H25ClN2O2S. The number of hydrogen-bond acceptors (Lipinski definition) is 5. The Morgan fingerprint density at radius 2 is 1.91 bits per heavy atom. The maximum absolute atomic E-state index is 13.3. The Balaban J connectivity index is 1.77. The van der Waals surface area contributed by atoms with Crippen LogP contribution in [0.25, 0.3) is 0 Å². The Bertz CT molecular complexity index is 1160. The highest BCUT2D eigenvalue weighted by atomic mass is 35.5. The first-order valence-electron chi connectivity index (χ1n) is 10.5. The zero-order valence-electron chi connectivity index (χ0n) is 18.4. The molecule has 0 fully saturated rings. The van der Waals surface area contributed by atoms with Crippen molar-refractivity contribution in [1.29, 1.82) is 5.26 Å². The van der Waals surface area contributed by atoms with Crippen LogP contribution in [0.15, 0.2) is 70.4 Å². The number of Topliss-reactive ketones (excluding diaryl/α,β-unsaturated/α-hetero) is 1. The fraction of sp³-hybridized carbons (Fsp3) is 0.308. The predicted octanol–water partition coefficient (Wildman–Crippen LogP) is 6.35. The third kappa shape index (κ3) is 4.44. The van der Waals surface area contributed by atoms with Crippen molar-refractivity contribution in [2.24, 2.45) is 5.41 Å². The van der Waals surface area contributed by atoms with Crippen LogP contribution in [0.1, 0.15) is 43.7 Å². The number of ether oxygens (including phenoxy) is 1. The molecule has 0 amide bonds. The molecule has 32 heavy (non-hydrogen) atoms. The van der Waals surface area contributed by atoms with Crippen molar-refractivity contribution in [3.63, 3.8) is 0 Å². The molecule has 1 aliphatic carbocycles. The molecule has 0 saturated heterocycles. The molecule has 1 atom stereocenters. The SMILES string of the molecule is COc1ccc([C@H]2C(C#N)=C(SCc3ccccc3Cl)NC3=C2C(=O)CC(C)(C)C3)cc1. The molecule has 0 radical (unpaired) electrons. The number of ketones is 1. The van der Waals surface area contributed by atoms with Gasteiger partial charge in [0.15, 0.2) is 5.78 Å². The van der Waals surface area contributed by atoms with Gasteiger partial charge >= 0.3 is 0 Å². The number of nitrogens with one attached hydrogen (secondary N) is 1. The van der Waals surface area contributed by atoms with Crippen LogP contribution in [-0.2, 0) is 10.5 Å². The second-order valence-electron chi connectivity index (χ2n) is 8.90. The smallest absolute Gasteiger partial charge is 0.162 e. The van der Waals surface area contributed by atoms with E-state index in [-0.39, 0.29) is 17.1 Å². The summed E-state index contributed by atoms with van der Waals surface area (Å²) in [4.78, 5) is 13.3. The fourth-order valence-corrected chi connectivity index (χ4v) is 5.73. The van der Waals surface area contributed by atoms with Gasteiger partial charge in [0.25, 0.3) is 0 Å². The van der Waals surface area contributed by atoms with Crippen molar-refractivity contribution in [3.05, 3.63) is 86.6 Å². The molecule has 0 saturated carbocycles. The first-order valence-corrected chi connectivity index (χ1v) is 11.9. The molecule has 6 heteroatoms. The van der Waals surface area contributed by atoms with E-state index in [0.717, 1.165) is 34.0 Å². The van der Waals surface area contributed by atoms with Gasteiger partial charge in [-0.15, -0.1) is 11.8 Å². The summed E-state index contributed by atoms with van der Waals surface area (Å²) in [6.45, 7) is 4.22. The molecule has 2 aromatic carbocycles. The Kier molecular flexibility index (Phi) is 6.37. The lowest BCUT2D eigenvalue weighted by Gasteiger charge is -2.39. The van der Waals surface area contributed by atoms with Gasteiger partial charge in [-0.05, 0) is 41.2 Å². The summed E-state index contributed by atoms with van der Waals surface area (Å²) in [5, 5.41) is 15.1. The van der Waals surface area contributed by atoms with Gasteiger partial charge in [0.05, 0.1) is 29.7 Å². The Labute approximate surface area is 198 Å². The maximum atomic E-state index is 13.3. The van der Waals surface area contributed by atoms with Gasteiger partial charge in [0, 0.05) is 28.5 Å². The summed E-state index contributed by atoms with van der Waals surface area (Å²) < 4.78 is 5.30. The number of thioether (sulfide) groups is 1. The van der Waals surface area contributed by atoms with Crippen LogP contribution < -0.4 is 10.1 Å². The lowest BCUT2D eigenvalue weighted by Crippen LogP contribution is -2.36. The number of benzene rings is 2. The second-order valence-corrected chi connectivity index (χ2v) is 10.3. The zero-order chi connectivity index (χ0) is 22.9. The average Bonchev–Trinajstić information content (AvgIpc) is 2.76. The normalized spacial score (nSPS) is 19.8. The number of allylic oxidation sites excluding steroid dienone is 3. The highest BCUT2D eigenvalue weighted by molar-refractivity contribution is 8.02. The minimum Gasteiger partial charge on any atom is -0.497 e. The van der Waals surface area contributed by atoms with Crippen LogP contribution in [0.3, 0.4) is 0 Å². The van der Waals surface area contributed by atoms with Crippen molar-refractivity contribution in [2.45, 2.75) is 38.4 Å². The molecular weight excluding hydrogens is 440 g/mol. The van der Waals surface area contributed by atoms with E-state index in [1.54, 1.807) is 18.9 Å². The van der Waals surface area contributed by atoms with Crippen LogP contribution >= 0.6 is 23.4 Å². The molecule has 4 nitrogen and oxygen atoms in total. The molecule has 1 N–H and O–H groups in total. The summed E-state index contributed by atoms with van der Waals surface area (Å²) in [7, 11) is 1.62. The lowest BCUT2D eigenvalue weighted by atomic mass is 9.69. The van der Waals surface area contributed by atoms with Crippen LogP contribution in [0, 0.1) is 16.7 Å². The first-order chi connectivity index (χ1) is 15.3. The van der Waals surface area contributed by atoms with E-state index in [1.807, 2.05) is 48.5 Å². The van der Waals surface area contributed by atoms with Gasteiger partial charge < -0.3 is 10.1 Å². The van der Waals surface area contributed by atoms with Gasteiger partial charge in [-0.2, -0.15) is 5.26 Å². The van der Waals surface area contributed by atoms with Crippen molar-refractivity contribution in [2.75, 3.05) is 7.11 Å². The summed E-state index contributed by atoms with van der Waals surface area (Å²) in [5.74, 6) is 1.08. The molecule has 0 unspecified atom stereocenters.